The van der Waals surface area contributed by atoms with Gasteiger partial charge in [-0.05, 0) is 6.07 Å². The van der Waals surface area contributed by atoms with E-state index in [0.717, 1.165) is 16.8 Å². The summed E-state index contributed by atoms with van der Waals surface area (Å²) in [4.78, 5) is 0. The summed E-state index contributed by atoms with van der Waals surface area (Å²) in [5, 5.41) is 9.23. The third-order valence-electron chi connectivity index (χ3n) is 1.94. The first kappa shape index (κ1) is 12.2. The Hall–Kier alpha value is -1.85. The zero-order chi connectivity index (χ0) is 12.3. The molecule has 0 aromatic carbocycles. The lowest BCUT2D eigenvalue weighted by Crippen LogP contribution is -2.12. The highest BCUT2D eigenvalue weighted by atomic mass is 19.4. The molecule has 1 heterocycles. The van der Waals surface area contributed by atoms with Gasteiger partial charge in [0, 0.05) is 11.8 Å². The minimum absolute atomic E-state index is 0.00470. The number of alkyl halides is 3. The number of halogens is 3. The first-order chi connectivity index (χ1) is 7.40. The van der Waals surface area contributed by atoms with E-state index in [1.807, 2.05) is 5.92 Å². The summed E-state index contributed by atoms with van der Waals surface area (Å²) in [6.07, 6.45) is 5.08. The molecule has 1 atom stereocenters. The molecule has 0 bridgehead atoms. The Morgan fingerprint density at radius 1 is 1.44 bits per heavy atom. The number of rotatable bonds is 2. The predicted molar refractivity (Wildman–Crippen MR) is 52.1 cm³/mol. The third kappa shape index (κ3) is 2.39. The minimum atomic E-state index is -4.52. The summed E-state index contributed by atoms with van der Waals surface area (Å²) in [5.74, 6) is 4.03. The van der Waals surface area contributed by atoms with E-state index in [1.165, 1.54) is 0 Å². The third-order valence-corrected chi connectivity index (χ3v) is 1.94. The highest BCUT2D eigenvalue weighted by molar-refractivity contribution is 5.28. The van der Waals surface area contributed by atoms with Crippen molar-refractivity contribution in [2.24, 2.45) is 0 Å². The van der Waals surface area contributed by atoms with Gasteiger partial charge in [-0.15, -0.1) is 12.8 Å². The van der Waals surface area contributed by atoms with Crippen molar-refractivity contribution in [1.29, 1.82) is 0 Å². The Bertz CT molecular complexity index is 459. The van der Waals surface area contributed by atoms with Crippen molar-refractivity contribution in [1.82, 2.24) is 4.57 Å². The Balaban J connectivity index is 3.23. The van der Waals surface area contributed by atoms with Gasteiger partial charge in [0.2, 0.25) is 0 Å². The van der Waals surface area contributed by atoms with E-state index >= 15 is 0 Å². The second kappa shape index (κ2) is 4.34. The van der Waals surface area contributed by atoms with Gasteiger partial charge in [0.1, 0.15) is 11.8 Å². The molecule has 0 aliphatic rings. The zero-order valence-corrected chi connectivity index (χ0v) is 8.12. The fraction of sp³-hybridized carbons (Fsp3) is 0.273. The molecule has 2 nitrogen and oxygen atoms in total. The van der Waals surface area contributed by atoms with Crippen LogP contribution in [0, 0.1) is 24.7 Å². The Morgan fingerprint density at radius 2 is 2.06 bits per heavy atom. The van der Waals surface area contributed by atoms with Gasteiger partial charge in [-0.2, -0.15) is 13.2 Å². The molecule has 1 unspecified atom stereocenters. The van der Waals surface area contributed by atoms with Crippen molar-refractivity contribution < 1.29 is 18.3 Å². The molecule has 0 aliphatic carbocycles. The van der Waals surface area contributed by atoms with Gasteiger partial charge in [-0.3, -0.25) is 0 Å². The van der Waals surface area contributed by atoms with Gasteiger partial charge in [0.15, 0.2) is 0 Å². The fourth-order valence-corrected chi connectivity index (χ4v) is 1.25. The summed E-state index contributed by atoms with van der Waals surface area (Å²) in [7, 11) is 0. The summed E-state index contributed by atoms with van der Waals surface area (Å²) in [6.45, 7) is -0.230. The van der Waals surface area contributed by atoms with Crippen LogP contribution in [0.2, 0.25) is 0 Å². The summed E-state index contributed by atoms with van der Waals surface area (Å²) in [5.41, 5.74) is -0.917. The van der Waals surface area contributed by atoms with Gasteiger partial charge < -0.3 is 9.67 Å². The van der Waals surface area contributed by atoms with E-state index < -0.39 is 18.0 Å². The maximum Gasteiger partial charge on any atom is 0.431 e. The first-order valence-corrected chi connectivity index (χ1v) is 4.25. The molecule has 1 rings (SSSR count). The van der Waals surface area contributed by atoms with Crippen molar-refractivity contribution in [2.75, 3.05) is 0 Å². The number of aromatic nitrogens is 1. The molecule has 0 saturated heterocycles. The van der Waals surface area contributed by atoms with Crippen molar-refractivity contribution in [3.8, 4) is 24.7 Å². The van der Waals surface area contributed by atoms with E-state index in [2.05, 4.69) is 5.92 Å². The van der Waals surface area contributed by atoms with Crippen molar-refractivity contribution in [2.45, 2.75) is 18.8 Å². The second-order valence-electron chi connectivity index (χ2n) is 3.06. The monoisotopic (exact) mass is 227 g/mol. The van der Waals surface area contributed by atoms with Gasteiger partial charge in [-0.1, -0.05) is 11.8 Å². The van der Waals surface area contributed by atoms with Crippen LogP contribution in [0.5, 0.6) is 0 Å². The standard InChI is InChI=1S/C11H8F3NO/c1-3-5-15-7-8(9(16)4-2)6-10(15)11(12,13)14/h1-2,6-7,9,16H,5H2. The molecule has 0 spiro atoms. The molecule has 0 amide bonds. The molecular formula is C11H8F3NO. The van der Waals surface area contributed by atoms with Crippen molar-refractivity contribution in [3.05, 3.63) is 23.5 Å². The quantitative estimate of drug-likeness (QED) is 0.766. The minimum Gasteiger partial charge on any atom is -0.376 e. The van der Waals surface area contributed by atoms with Crippen molar-refractivity contribution >= 4 is 0 Å². The van der Waals surface area contributed by atoms with E-state index in [9.17, 15) is 18.3 Å². The molecule has 0 fully saturated rings. The number of nitrogens with zero attached hydrogens (tertiary/aromatic N) is 1. The number of terminal acetylenes is 2. The van der Waals surface area contributed by atoms with Gasteiger partial charge >= 0.3 is 6.18 Å². The largest absolute Gasteiger partial charge is 0.431 e. The lowest BCUT2D eigenvalue weighted by atomic mass is 10.2. The van der Waals surface area contributed by atoms with Crippen LogP contribution in [-0.2, 0) is 12.7 Å². The molecule has 16 heavy (non-hydrogen) atoms. The molecular weight excluding hydrogens is 219 g/mol. The van der Waals surface area contributed by atoms with Gasteiger partial charge in [0.25, 0.3) is 0 Å². The van der Waals surface area contributed by atoms with Crippen LogP contribution in [0.4, 0.5) is 13.2 Å². The lowest BCUT2D eigenvalue weighted by Gasteiger charge is -2.08. The average molecular weight is 227 g/mol. The lowest BCUT2D eigenvalue weighted by molar-refractivity contribution is -0.143. The smallest absolute Gasteiger partial charge is 0.376 e. The summed E-state index contributed by atoms with van der Waals surface area (Å²) >= 11 is 0. The number of hydrogen-bond donors (Lipinski definition) is 1. The molecule has 1 N–H and O–H groups in total. The molecule has 84 valence electrons. The van der Waals surface area contributed by atoms with Crippen LogP contribution in [0.25, 0.3) is 0 Å². The highest BCUT2D eigenvalue weighted by Gasteiger charge is 2.35. The Morgan fingerprint density at radius 3 is 2.50 bits per heavy atom. The van der Waals surface area contributed by atoms with Crippen LogP contribution in [0.1, 0.15) is 17.4 Å². The Kier molecular flexibility index (Phi) is 3.31. The van der Waals surface area contributed by atoms with E-state index in [-0.39, 0.29) is 12.1 Å². The zero-order valence-electron chi connectivity index (χ0n) is 8.12. The van der Waals surface area contributed by atoms with Crippen LogP contribution in [0.15, 0.2) is 12.3 Å². The van der Waals surface area contributed by atoms with Crippen LogP contribution in [-0.4, -0.2) is 9.67 Å². The normalized spacial score (nSPS) is 12.9. The van der Waals surface area contributed by atoms with E-state index in [0.29, 0.717) is 0 Å². The first-order valence-electron chi connectivity index (χ1n) is 4.25. The van der Waals surface area contributed by atoms with Crippen LogP contribution < -0.4 is 0 Å². The molecule has 0 aliphatic heterocycles. The van der Waals surface area contributed by atoms with Gasteiger partial charge in [0.05, 0.1) is 6.54 Å². The number of hydrogen-bond acceptors (Lipinski definition) is 1. The van der Waals surface area contributed by atoms with E-state index in [1.54, 1.807) is 0 Å². The fourth-order valence-electron chi connectivity index (χ4n) is 1.25. The topological polar surface area (TPSA) is 25.2 Å². The number of aliphatic hydroxyl groups excluding tert-OH is 1. The van der Waals surface area contributed by atoms with Crippen molar-refractivity contribution in [3.63, 3.8) is 0 Å². The highest BCUT2D eigenvalue weighted by Crippen LogP contribution is 2.32. The predicted octanol–water partition coefficient (Wildman–Crippen LogP) is 1.81. The number of aliphatic hydroxyl groups is 1. The molecule has 0 saturated carbocycles. The molecule has 1 aromatic rings. The maximum absolute atomic E-state index is 12.5. The summed E-state index contributed by atoms with van der Waals surface area (Å²) in [6, 6.07) is 0.794. The Labute approximate surface area is 90.7 Å². The second-order valence-corrected chi connectivity index (χ2v) is 3.06. The molecule has 1 aromatic heterocycles. The van der Waals surface area contributed by atoms with Gasteiger partial charge in [-0.25, -0.2) is 0 Å². The molecule has 0 radical (unpaired) electrons. The SMILES string of the molecule is C#CCn1cc(C(O)C#C)cc1C(F)(F)F. The maximum atomic E-state index is 12.5. The van der Waals surface area contributed by atoms with Crippen LogP contribution in [0.3, 0.4) is 0 Å². The van der Waals surface area contributed by atoms with Crippen LogP contribution >= 0.6 is 0 Å². The molecule has 5 heteroatoms. The summed E-state index contributed by atoms with van der Waals surface area (Å²) < 4.78 is 38.4. The average Bonchev–Trinajstić information content (AvgIpc) is 2.61. The van der Waals surface area contributed by atoms with E-state index in [4.69, 9.17) is 12.8 Å².